The summed E-state index contributed by atoms with van der Waals surface area (Å²) in [5.41, 5.74) is 0. The zero-order chi connectivity index (χ0) is 12.8. The minimum absolute atomic E-state index is 0.0253. The lowest BCUT2D eigenvalue weighted by Gasteiger charge is -2.21. The first-order valence-electron chi connectivity index (χ1n) is 6.22. The van der Waals surface area contributed by atoms with Crippen molar-refractivity contribution in [2.75, 3.05) is 24.2 Å². The molecule has 2 N–H and O–H groups in total. The number of thioether (sulfide) groups is 1. The van der Waals surface area contributed by atoms with Crippen molar-refractivity contribution in [1.82, 2.24) is 15.5 Å². The summed E-state index contributed by atoms with van der Waals surface area (Å²) in [5.74, 6) is 0.531. The van der Waals surface area contributed by atoms with E-state index in [0.717, 1.165) is 37.4 Å². The molecule has 0 atom stereocenters. The molecule has 0 saturated carbocycles. The first-order chi connectivity index (χ1) is 8.78. The summed E-state index contributed by atoms with van der Waals surface area (Å²) < 4.78 is 0. The molecule has 0 radical (unpaired) electrons. The van der Waals surface area contributed by atoms with Crippen LogP contribution in [0, 0.1) is 0 Å². The number of anilines is 1. The van der Waals surface area contributed by atoms with Crippen LogP contribution in [0.25, 0.3) is 0 Å². The maximum atomic E-state index is 11.7. The summed E-state index contributed by atoms with van der Waals surface area (Å²) in [4.78, 5) is 11.7. The van der Waals surface area contributed by atoms with Crippen LogP contribution in [-0.2, 0) is 11.2 Å². The zero-order valence-electron chi connectivity index (χ0n) is 10.4. The van der Waals surface area contributed by atoms with Gasteiger partial charge in [-0.05, 0) is 32.4 Å². The third-order valence-electron chi connectivity index (χ3n) is 2.75. The summed E-state index contributed by atoms with van der Waals surface area (Å²) in [7, 11) is 0. The molecule has 0 unspecified atom stereocenters. The Balaban J connectivity index is 1.71. The largest absolute Gasteiger partial charge is 0.317 e. The number of nitrogens with zero attached hydrogens (tertiary/aromatic N) is 2. The number of carbonyl (C=O) groups excluding carboxylic acids is 1. The molecular weight excluding hydrogens is 268 g/mol. The van der Waals surface area contributed by atoms with Crippen LogP contribution in [0.5, 0.6) is 0 Å². The van der Waals surface area contributed by atoms with E-state index in [1.165, 1.54) is 11.3 Å². The summed E-state index contributed by atoms with van der Waals surface area (Å²) >= 11 is 3.19. The van der Waals surface area contributed by atoms with Crippen LogP contribution in [0.2, 0.25) is 0 Å². The van der Waals surface area contributed by atoms with E-state index in [0.29, 0.717) is 16.1 Å². The van der Waals surface area contributed by atoms with Gasteiger partial charge < -0.3 is 5.32 Å². The maximum absolute atomic E-state index is 11.7. The van der Waals surface area contributed by atoms with Gasteiger partial charge in [0.05, 0.1) is 5.75 Å². The van der Waals surface area contributed by atoms with Gasteiger partial charge in [0.25, 0.3) is 0 Å². The van der Waals surface area contributed by atoms with E-state index in [2.05, 4.69) is 20.8 Å². The van der Waals surface area contributed by atoms with E-state index in [9.17, 15) is 4.79 Å². The second-order valence-corrected chi connectivity index (χ2v) is 6.51. The first kappa shape index (κ1) is 13.8. The Labute approximate surface area is 115 Å². The highest BCUT2D eigenvalue weighted by molar-refractivity contribution is 8.00. The van der Waals surface area contributed by atoms with E-state index in [-0.39, 0.29) is 5.91 Å². The number of aryl methyl sites for hydroxylation is 1. The fourth-order valence-corrected chi connectivity index (χ4v) is 3.48. The molecule has 0 aromatic carbocycles. The Kier molecular flexibility index (Phi) is 5.40. The van der Waals surface area contributed by atoms with E-state index >= 15 is 0 Å². The standard InChI is InChI=1S/C11H18N4OS2/c1-2-10-14-15-11(18-10)13-9(16)7-17-8-3-5-12-6-4-8/h8,12H,2-7H2,1H3,(H,13,15,16). The average Bonchev–Trinajstić information content (AvgIpc) is 2.85. The number of aromatic nitrogens is 2. The van der Waals surface area contributed by atoms with Crippen LogP contribution in [-0.4, -0.2) is 40.2 Å². The molecule has 100 valence electrons. The zero-order valence-corrected chi connectivity index (χ0v) is 12.1. The Bertz CT molecular complexity index is 390. The number of carbonyl (C=O) groups is 1. The summed E-state index contributed by atoms with van der Waals surface area (Å²) in [6, 6.07) is 0. The second-order valence-electron chi connectivity index (χ2n) is 4.16. The Hall–Kier alpha value is -0.660. The molecule has 1 amide bonds. The third kappa shape index (κ3) is 4.22. The van der Waals surface area contributed by atoms with Crippen molar-refractivity contribution < 1.29 is 4.79 Å². The highest BCUT2D eigenvalue weighted by Gasteiger charge is 2.15. The number of rotatable bonds is 5. The fourth-order valence-electron chi connectivity index (χ4n) is 1.76. The van der Waals surface area contributed by atoms with Gasteiger partial charge in [0.2, 0.25) is 11.0 Å². The lowest BCUT2D eigenvalue weighted by Crippen LogP contribution is -2.30. The van der Waals surface area contributed by atoms with Crippen LogP contribution in [0.15, 0.2) is 0 Å². The molecule has 1 saturated heterocycles. The molecular formula is C11H18N4OS2. The van der Waals surface area contributed by atoms with Crippen LogP contribution in [0.4, 0.5) is 5.13 Å². The van der Waals surface area contributed by atoms with Gasteiger partial charge in [-0.2, -0.15) is 0 Å². The van der Waals surface area contributed by atoms with Gasteiger partial charge in [-0.25, -0.2) is 0 Å². The number of nitrogens with one attached hydrogen (secondary N) is 2. The van der Waals surface area contributed by atoms with Crippen LogP contribution >= 0.6 is 23.1 Å². The van der Waals surface area contributed by atoms with E-state index in [1.54, 1.807) is 11.8 Å². The van der Waals surface area contributed by atoms with Crippen LogP contribution in [0.1, 0.15) is 24.8 Å². The normalized spacial score (nSPS) is 16.7. The van der Waals surface area contributed by atoms with E-state index in [4.69, 9.17) is 0 Å². The fraction of sp³-hybridized carbons (Fsp3) is 0.727. The monoisotopic (exact) mass is 286 g/mol. The molecule has 1 aliphatic heterocycles. The van der Waals surface area contributed by atoms with Gasteiger partial charge in [0.15, 0.2) is 0 Å². The average molecular weight is 286 g/mol. The van der Waals surface area contributed by atoms with Crippen LogP contribution < -0.4 is 10.6 Å². The Morgan fingerprint density at radius 1 is 1.50 bits per heavy atom. The van der Waals surface area contributed by atoms with E-state index < -0.39 is 0 Å². The molecule has 5 nitrogen and oxygen atoms in total. The van der Waals surface area contributed by atoms with Crippen molar-refractivity contribution >= 4 is 34.1 Å². The van der Waals surface area contributed by atoms with Crippen molar-refractivity contribution in [2.24, 2.45) is 0 Å². The smallest absolute Gasteiger partial charge is 0.236 e. The van der Waals surface area contributed by atoms with Gasteiger partial charge >= 0.3 is 0 Å². The summed E-state index contributed by atoms with van der Waals surface area (Å²) in [5, 5.41) is 16.2. The molecule has 1 aromatic heterocycles. The minimum Gasteiger partial charge on any atom is -0.317 e. The molecule has 0 bridgehead atoms. The van der Waals surface area contributed by atoms with Crippen LogP contribution in [0.3, 0.4) is 0 Å². The van der Waals surface area contributed by atoms with Crippen molar-refractivity contribution in [2.45, 2.75) is 31.4 Å². The SMILES string of the molecule is CCc1nnc(NC(=O)CSC2CCNCC2)s1. The second kappa shape index (κ2) is 7.06. The molecule has 2 rings (SSSR count). The highest BCUT2D eigenvalue weighted by Crippen LogP contribution is 2.21. The Morgan fingerprint density at radius 3 is 2.94 bits per heavy atom. The molecule has 2 heterocycles. The van der Waals surface area contributed by atoms with Gasteiger partial charge in [0, 0.05) is 5.25 Å². The topological polar surface area (TPSA) is 66.9 Å². The lowest BCUT2D eigenvalue weighted by atomic mass is 10.2. The molecule has 7 heteroatoms. The summed E-state index contributed by atoms with van der Waals surface area (Å²) in [6.45, 7) is 4.16. The molecule has 1 fully saturated rings. The van der Waals surface area contributed by atoms with Crippen molar-refractivity contribution in [1.29, 1.82) is 0 Å². The first-order valence-corrected chi connectivity index (χ1v) is 8.09. The molecule has 1 aromatic rings. The van der Waals surface area contributed by atoms with Gasteiger partial charge in [0.1, 0.15) is 5.01 Å². The number of hydrogen-bond donors (Lipinski definition) is 2. The summed E-state index contributed by atoms with van der Waals surface area (Å²) in [6.07, 6.45) is 3.16. The molecule has 1 aliphatic rings. The predicted octanol–water partition coefficient (Wildman–Crippen LogP) is 1.52. The van der Waals surface area contributed by atoms with Crippen molar-refractivity contribution in [3.63, 3.8) is 0 Å². The van der Waals surface area contributed by atoms with E-state index in [1.807, 2.05) is 6.92 Å². The third-order valence-corrected chi connectivity index (χ3v) is 5.11. The van der Waals surface area contributed by atoms with Gasteiger partial charge in [-0.3, -0.25) is 10.1 Å². The quantitative estimate of drug-likeness (QED) is 0.859. The Morgan fingerprint density at radius 2 is 2.28 bits per heavy atom. The van der Waals surface area contributed by atoms with Crippen molar-refractivity contribution in [3.05, 3.63) is 5.01 Å². The number of hydrogen-bond acceptors (Lipinski definition) is 6. The van der Waals surface area contributed by atoms with Crippen molar-refractivity contribution in [3.8, 4) is 0 Å². The minimum atomic E-state index is 0.0253. The highest BCUT2D eigenvalue weighted by atomic mass is 32.2. The molecule has 0 aliphatic carbocycles. The molecule has 0 spiro atoms. The van der Waals surface area contributed by atoms with Gasteiger partial charge in [-0.15, -0.1) is 22.0 Å². The lowest BCUT2D eigenvalue weighted by molar-refractivity contribution is -0.113. The molecule has 18 heavy (non-hydrogen) atoms. The maximum Gasteiger partial charge on any atom is 0.236 e. The number of amides is 1. The predicted molar refractivity (Wildman–Crippen MR) is 76.3 cm³/mol. The van der Waals surface area contributed by atoms with Gasteiger partial charge in [-0.1, -0.05) is 18.3 Å². The number of piperidine rings is 1.